The number of nitrogens with one attached hydrogen (secondary N) is 1. The standard InChI is InChI=1S/C23H21ClN6O6S2/c1-13-26-19-16(20(27-13)30(12-38(33,34)35)21(31)17-5-6-18(24)37-17)11-28(22(19)32)10-14-3-2-4-15(9-14)29-7-8-36-23(29)25/h2-6,9,25H,7-8,10-12H2,1H3,(H,33,34,35). The fraction of sp³-hybridized carbons (Fsp3) is 0.261. The molecule has 2 aliphatic rings. The van der Waals surface area contributed by atoms with E-state index in [2.05, 4.69) is 9.97 Å². The number of thiophene rings is 1. The number of carbonyl (C=O) groups excluding carboxylic acids is 2. The Balaban J connectivity index is 1.48. The molecule has 0 saturated carbocycles. The minimum Gasteiger partial charge on any atom is -0.463 e. The molecule has 198 valence electrons. The van der Waals surface area contributed by atoms with Crippen LogP contribution in [0.1, 0.15) is 37.1 Å². The first-order valence-corrected chi connectivity index (χ1v) is 14.1. The molecule has 2 aromatic heterocycles. The Hall–Kier alpha value is -3.59. The summed E-state index contributed by atoms with van der Waals surface area (Å²) in [5.74, 6) is -2.14. The first-order valence-electron chi connectivity index (χ1n) is 11.3. The highest BCUT2D eigenvalue weighted by molar-refractivity contribution is 7.85. The Morgan fingerprint density at radius 1 is 1.29 bits per heavy atom. The summed E-state index contributed by atoms with van der Waals surface area (Å²) in [6.07, 6.45) is 0. The molecule has 15 heteroatoms. The number of amides is 2. The van der Waals surface area contributed by atoms with Crippen LogP contribution in [0.2, 0.25) is 4.34 Å². The fourth-order valence-electron chi connectivity index (χ4n) is 4.31. The van der Waals surface area contributed by atoms with Gasteiger partial charge >= 0.3 is 0 Å². The third-order valence-electron chi connectivity index (χ3n) is 5.91. The van der Waals surface area contributed by atoms with Crippen LogP contribution in [-0.2, 0) is 27.9 Å². The van der Waals surface area contributed by atoms with Crippen molar-refractivity contribution in [3.63, 3.8) is 0 Å². The van der Waals surface area contributed by atoms with Gasteiger partial charge in [-0.05, 0) is 36.8 Å². The number of carbonyl (C=O) groups is 2. The highest BCUT2D eigenvalue weighted by atomic mass is 35.5. The largest absolute Gasteiger partial charge is 0.463 e. The van der Waals surface area contributed by atoms with Crippen molar-refractivity contribution in [2.75, 3.05) is 28.8 Å². The van der Waals surface area contributed by atoms with Crippen molar-refractivity contribution in [2.45, 2.75) is 20.0 Å². The topological polar surface area (TPSA) is 157 Å². The number of aryl methyl sites for hydroxylation is 1. The van der Waals surface area contributed by atoms with E-state index in [1.54, 1.807) is 4.90 Å². The van der Waals surface area contributed by atoms with Gasteiger partial charge in [0.1, 0.15) is 23.9 Å². The molecule has 38 heavy (non-hydrogen) atoms. The van der Waals surface area contributed by atoms with Crippen LogP contribution >= 0.6 is 22.9 Å². The maximum Gasteiger partial charge on any atom is 0.289 e. The van der Waals surface area contributed by atoms with Gasteiger partial charge in [0.25, 0.3) is 28.0 Å². The van der Waals surface area contributed by atoms with Crippen molar-refractivity contribution in [2.24, 2.45) is 0 Å². The molecule has 0 spiro atoms. The third-order valence-corrected chi connectivity index (χ3v) is 7.71. The molecule has 0 bridgehead atoms. The fourth-order valence-corrected chi connectivity index (χ4v) is 5.87. The van der Waals surface area contributed by atoms with Crippen LogP contribution < -0.4 is 9.80 Å². The van der Waals surface area contributed by atoms with E-state index < -0.39 is 27.8 Å². The van der Waals surface area contributed by atoms with Crippen LogP contribution in [0.4, 0.5) is 11.5 Å². The van der Waals surface area contributed by atoms with E-state index in [9.17, 15) is 22.6 Å². The van der Waals surface area contributed by atoms with Gasteiger partial charge < -0.3 is 9.64 Å². The first-order chi connectivity index (χ1) is 18.0. The van der Waals surface area contributed by atoms with Gasteiger partial charge in [0.15, 0.2) is 5.88 Å². The predicted molar refractivity (Wildman–Crippen MR) is 140 cm³/mol. The molecule has 1 aromatic carbocycles. The smallest absolute Gasteiger partial charge is 0.289 e. The molecule has 0 radical (unpaired) electrons. The summed E-state index contributed by atoms with van der Waals surface area (Å²) in [6.45, 7) is 2.68. The molecule has 0 atom stereocenters. The molecule has 1 fully saturated rings. The minimum atomic E-state index is -4.66. The van der Waals surface area contributed by atoms with Crippen LogP contribution in [0.15, 0.2) is 36.4 Å². The van der Waals surface area contributed by atoms with Gasteiger partial charge in [-0.3, -0.25) is 29.4 Å². The monoisotopic (exact) mass is 576 g/mol. The second-order valence-corrected chi connectivity index (χ2v) is 11.7. The molecule has 1 saturated heterocycles. The Kier molecular flexibility index (Phi) is 6.81. The Morgan fingerprint density at radius 2 is 2.08 bits per heavy atom. The van der Waals surface area contributed by atoms with Gasteiger partial charge in [-0.1, -0.05) is 23.7 Å². The molecule has 2 amide bonds. The average molecular weight is 577 g/mol. The molecule has 4 heterocycles. The van der Waals surface area contributed by atoms with Crippen LogP contribution in [0.5, 0.6) is 0 Å². The highest BCUT2D eigenvalue weighted by Crippen LogP contribution is 2.33. The maximum absolute atomic E-state index is 13.3. The second kappa shape index (κ2) is 9.94. The number of fused-ring (bicyclic) bond motifs is 1. The number of halogens is 1. The number of rotatable bonds is 7. The van der Waals surface area contributed by atoms with Crippen LogP contribution in [0.25, 0.3) is 0 Å². The number of aromatic nitrogens is 2. The van der Waals surface area contributed by atoms with E-state index >= 15 is 0 Å². The molecule has 0 aliphatic carbocycles. The zero-order chi connectivity index (χ0) is 27.2. The zero-order valence-electron chi connectivity index (χ0n) is 19.9. The number of nitrogens with zero attached hydrogens (tertiary/aromatic N) is 5. The molecule has 3 aromatic rings. The van der Waals surface area contributed by atoms with Crippen molar-refractivity contribution >= 4 is 62.4 Å². The Morgan fingerprint density at radius 3 is 2.74 bits per heavy atom. The summed E-state index contributed by atoms with van der Waals surface area (Å²) in [6, 6.07) is 10.3. The molecule has 2 aliphatic heterocycles. The lowest BCUT2D eigenvalue weighted by molar-refractivity contribution is 0.0762. The lowest BCUT2D eigenvalue weighted by Crippen LogP contribution is -2.37. The van der Waals surface area contributed by atoms with E-state index in [1.807, 2.05) is 24.3 Å². The van der Waals surface area contributed by atoms with E-state index in [-0.39, 0.29) is 46.9 Å². The van der Waals surface area contributed by atoms with Gasteiger partial charge in [0.2, 0.25) is 0 Å². The molecular formula is C23H21ClN6O6S2. The van der Waals surface area contributed by atoms with Crippen LogP contribution in [-0.4, -0.2) is 64.7 Å². The number of ether oxygens (including phenoxy) is 1. The summed E-state index contributed by atoms with van der Waals surface area (Å²) >= 11 is 6.91. The lowest BCUT2D eigenvalue weighted by atomic mass is 10.1. The SMILES string of the molecule is Cc1nc2c(c(N(CS(=O)(=O)O)C(=O)c3ccc(Cl)s3)n1)CN(Cc1cccc(N3CCOC3=N)c1)C2=O. The van der Waals surface area contributed by atoms with Crippen molar-refractivity contribution < 1.29 is 27.3 Å². The normalized spacial score (nSPS) is 15.1. The number of hydrogen-bond acceptors (Lipinski definition) is 9. The number of benzene rings is 1. The molecule has 5 rings (SSSR count). The van der Waals surface area contributed by atoms with Crippen LogP contribution in [0, 0.1) is 12.3 Å². The zero-order valence-corrected chi connectivity index (χ0v) is 22.3. The predicted octanol–water partition coefficient (Wildman–Crippen LogP) is 2.92. The highest BCUT2D eigenvalue weighted by Gasteiger charge is 2.37. The quantitative estimate of drug-likeness (QED) is 0.403. The average Bonchev–Trinajstić information content (AvgIpc) is 3.56. The number of amidine groups is 1. The number of hydrogen-bond donors (Lipinski definition) is 2. The van der Waals surface area contributed by atoms with Crippen molar-refractivity contribution in [3.8, 4) is 0 Å². The van der Waals surface area contributed by atoms with Crippen molar-refractivity contribution in [1.29, 1.82) is 5.41 Å². The first kappa shape index (κ1) is 26.0. The van der Waals surface area contributed by atoms with E-state index in [0.29, 0.717) is 17.5 Å². The van der Waals surface area contributed by atoms with E-state index in [4.69, 9.17) is 21.7 Å². The van der Waals surface area contributed by atoms with Crippen molar-refractivity contribution in [3.05, 3.63) is 68.3 Å². The van der Waals surface area contributed by atoms with Gasteiger partial charge in [-0.25, -0.2) is 9.97 Å². The number of anilines is 2. The molecule has 0 unspecified atom stereocenters. The third kappa shape index (κ3) is 5.20. The summed E-state index contributed by atoms with van der Waals surface area (Å²) in [5, 5.41) is 7.93. The van der Waals surface area contributed by atoms with Crippen LogP contribution in [0.3, 0.4) is 0 Å². The summed E-state index contributed by atoms with van der Waals surface area (Å²) in [7, 11) is -4.66. The minimum absolute atomic E-state index is 0.0110. The summed E-state index contributed by atoms with van der Waals surface area (Å²) in [4.78, 5) is 39.4. The summed E-state index contributed by atoms with van der Waals surface area (Å²) in [5.41, 5.74) is 1.86. The van der Waals surface area contributed by atoms with Crippen molar-refractivity contribution in [1.82, 2.24) is 14.9 Å². The van der Waals surface area contributed by atoms with Gasteiger partial charge in [-0.2, -0.15) is 8.42 Å². The second-order valence-electron chi connectivity index (χ2n) is 8.61. The van der Waals surface area contributed by atoms with Gasteiger partial charge in [0.05, 0.1) is 22.3 Å². The molecular weight excluding hydrogens is 556 g/mol. The summed E-state index contributed by atoms with van der Waals surface area (Å²) < 4.78 is 38.9. The lowest BCUT2D eigenvalue weighted by Gasteiger charge is -2.22. The van der Waals surface area contributed by atoms with Gasteiger partial charge in [0, 0.05) is 17.8 Å². The molecule has 2 N–H and O–H groups in total. The molecule has 12 nitrogen and oxygen atoms in total. The Bertz CT molecular complexity index is 1580. The maximum atomic E-state index is 13.3. The van der Waals surface area contributed by atoms with E-state index in [0.717, 1.165) is 27.5 Å². The van der Waals surface area contributed by atoms with Gasteiger partial charge in [-0.15, -0.1) is 11.3 Å². The Labute approximate surface area is 226 Å². The van der Waals surface area contributed by atoms with E-state index in [1.165, 1.54) is 24.0 Å².